The molecule has 0 aromatic heterocycles. The third kappa shape index (κ3) is 6.04. The topological polar surface area (TPSA) is 44.5 Å². The van der Waals surface area contributed by atoms with Gasteiger partial charge in [0.15, 0.2) is 0 Å². The van der Waals surface area contributed by atoms with Crippen LogP contribution in [0.1, 0.15) is 6.92 Å². The number of nitrogens with one attached hydrogen (secondary N) is 1. The lowest BCUT2D eigenvalue weighted by Gasteiger charge is -2.20. The molecule has 4 nitrogen and oxygen atoms in total. The van der Waals surface area contributed by atoms with Gasteiger partial charge in [-0.25, -0.2) is 5.84 Å². The van der Waals surface area contributed by atoms with E-state index in [9.17, 15) is 0 Å². The summed E-state index contributed by atoms with van der Waals surface area (Å²) in [7, 11) is 5.69. The summed E-state index contributed by atoms with van der Waals surface area (Å²) >= 11 is 0. The van der Waals surface area contributed by atoms with E-state index in [-0.39, 0.29) is 0 Å². The number of hydrogen-bond acceptors (Lipinski definition) is 4. The average Bonchev–Trinajstić information content (AvgIpc) is 2.10. The second-order valence-electron chi connectivity index (χ2n) is 3.02. The van der Waals surface area contributed by atoms with Gasteiger partial charge in [0.25, 0.3) is 0 Å². The van der Waals surface area contributed by atoms with Gasteiger partial charge in [-0.3, -0.25) is 0 Å². The van der Waals surface area contributed by atoms with Crippen LogP contribution in [-0.2, 0) is 0 Å². The van der Waals surface area contributed by atoms with Crippen molar-refractivity contribution in [3.8, 4) is 0 Å². The van der Waals surface area contributed by atoms with Crippen LogP contribution in [-0.4, -0.2) is 37.1 Å². The van der Waals surface area contributed by atoms with Crippen LogP contribution in [0.5, 0.6) is 0 Å². The monoisotopic (exact) mass is 184 g/mol. The van der Waals surface area contributed by atoms with Crippen molar-refractivity contribution in [2.24, 2.45) is 5.84 Å². The van der Waals surface area contributed by atoms with Crippen LogP contribution in [0.3, 0.4) is 0 Å². The van der Waals surface area contributed by atoms with E-state index < -0.39 is 0 Å². The number of nitrogens with zero attached hydrogens (tertiary/aromatic N) is 2. The van der Waals surface area contributed by atoms with E-state index in [1.54, 1.807) is 7.05 Å². The minimum atomic E-state index is 0.329. The summed E-state index contributed by atoms with van der Waals surface area (Å²) in [4.78, 5) is 2.08. The van der Waals surface area contributed by atoms with Crippen LogP contribution in [0.2, 0.25) is 0 Å². The molecule has 0 radical (unpaired) electrons. The quantitative estimate of drug-likeness (QED) is 0.477. The Balaban J connectivity index is 3.95. The fraction of sp³-hybridized carbons (Fsp3) is 0.556. The van der Waals surface area contributed by atoms with Crippen molar-refractivity contribution in [1.29, 1.82) is 0 Å². The van der Waals surface area contributed by atoms with Gasteiger partial charge in [0.05, 0.1) is 0 Å². The molecule has 0 aromatic carbocycles. The third-order valence-corrected chi connectivity index (χ3v) is 1.72. The molecule has 1 atom stereocenters. The molecule has 0 spiro atoms. The molecule has 0 aromatic rings. The van der Waals surface area contributed by atoms with Gasteiger partial charge in [0.1, 0.15) is 0 Å². The first-order valence-electron chi connectivity index (χ1n) is 4.29. The Morgan fingerprint density at radius 2 is 1.92 bits per heavy atom. The minimum Gasteiger partial charge on any atom is -0.393 e. The van der Waals surface area contributed by atoms with E-state index in [0.29, 0.717) is 6.04 Å². The Morgan fingerprint density at radius 3 is 2.38 bits per heavy atom. The molecule has 0 heterocycles. The Morgan fingerprint density at radius 1 is 1.31 bits per heavy atom. The first-order valence-corrected chi connectivity index (χ1v) is 4.29. The Hall–Kier alpha value is -1.16. The molecule has 13 heavy (non-hydrogen) atoms. The van der Waals surface area contributed by atoms with Crippen molar-refractivity contribution in [3.05, 3.63) is 24.7 Å². The third-order valence-electron chi connectivity index (χ3n) is 1.72. The van der Waals surface area contributed by atoms with E-state index in [4.69, 9.17) is 5.84 Å². The fourth-order valence-electron chi connectivity index (χ4n) is 0.724. The normalized spacial score (nSPS) is 13.6. The highest BCUT2D eigenvalue weighted by Crippen LogP contribution is 1.97. The highest BCUT2D eigenvalue weighted by atomic mass is 15.4. The average molecular weight is 184 g/mol. The smallest absolute Gasteiger partial charge is 0.0453 e. The summed E-state index contributed by atoms with van der Waals surface area (Å²) in [5, 5.41) is 4.47. The summed E-state index contributed by atoms with van der Waals surface area (Å²) in [5.74, 6) is 5.44. The largest absolute Gasteiger partial charge is 0.393 e. The predicted molar refractivity (Wildman–Crippen MR) is 56.5 cm³/mol. The molecule has 0 saturated heterocycles. The van der Waals surface area contributed by atoms with E-state index >= 15 is 0 Å². The lowest BCUT2D eigenvalue weighted by molar-refractivity contribution is 0.397. The second-order valence-corrected chi connectivity index (χ2v) is 3.02. The summed E-state index contributed by atoms with van der Waals surface area (Å²) < 4.78 is 0. The standard InChI is InChI=1S/C9H20N4/c1-9(5-7-13(4)10)12(3)8-6-11-2/h5-9,11H,10H2,1-4H3/b7-5+,8-6+. The van der Waals surface area contributed by atoms with Gasteiger partial charge in [0.2, 0.25) is 0 Å². The molecule has 3 N–H and O–H groups in total. The van der Waals surface area contributed by atoms with Crippen LogP contribution < -0.4 is 11.2 Å². The first-order chi connectivity index (χ1) is 6.07. The van der Waals surface area contributed by atoms with Gasteiger partial charge in [0, 0.05) is 45.8 Å². The van der Waals surface area contributed by atoms with Crippen LogP contribution in [0, 0.1) is 0 Å². The molecule has 76 valence electrons. The molecular formula is C9H20N4. The molecule has 4 heteroatoms. The predicted octanol–water partition coefficient (Wildman–Crippen LogP) is 0.317. The van der Waals surface area contributed by atoms with Crippen LogP contribution in [0.4, 0.5) is 0 Å². The molecular weight excluding hydrogens is 164 g/mol. The van der Waals surface area contributed by atoms with E-state index in [1.807, 2.05) is 38.8 Å². The molecule has 0 amide bonds. The molecule has 0 fully saturated rings. The zero-order valence-electron chi connectivity index (χ0n) is 8.86. The number of rotatable bonds is 5. The lowest BCUT2D eigenvalue weighted by Crippen LogP contribution is -2.24. The molecule has 0 rings (SSSR count). The van der Waals surface area contributed by atoms with Crippen LogP contribution >= 0.6 is 0 Å². The Labute approximate surface area is 80.7 Å². The van der Waals surface area contributed by atoms with Crippen molar-refractivity contribution in [1.82, 2.24) is 15.2 Å². The maximum absolute atomic E-state index is 5.44. The molecule has 1 unspecified atom stereocenters. The van der Waals surface area contributed by atoms with Crippen molar-refractivity contribution in [2.75, 3.05) is 21.1 Å². The number of hydrazine groups is 1. The van der Waals surface area contributed by atoms with E-state index in [1.165, 1.54) is 5.01 Å². The van der Waals surface area contributed by atoms with Gasteiger partial charge in [-0.2, -0.15) is 0 Å². The molecule has 0 aliphatic carbocycles. The van der Waals surface area contributed by atoms with Gasteiger partial charge in [-0.05, 0) is 13.0 Å². The minimum absolute atomic E-state index is 0.329. The summed E-state index contributed by atoms with van der Waals surface area (Å²) in [6.45, 7) is 2.10. The van der Waals surface area contributed by atoms with E-state index in [0.717, 1.165) is 0 Å². The first kappa shape index (κ1) is 11.8. The SMILES string of the molecule is CN/C=C/N(C)C(C)/C=C/N(C)N. The van der Waals surface area contributed by atoms with Crippen molar-refractivity contribution < 1.29 is 0 Å². The second kappa shape index (κ2) is 6.37. The Bertz CT molecular complexity index is 174. The number of hydrogen-bond donors (Lipinski definition) is 2. The van der Waals surface area contributed by atoms with Gasteiger partial charge >= 0.3 is 0 Å². The van der Waals surface area contributed by atoms with Crippen LogP contribution in [0.25, 0.3) is 0 Å². The zero-order chi connectivity index (χ0) is 10.3. The van der Waals surface area contributed by atoms with Gasteiger partial charge in [-0.15, -0.1) is 0 Å². The fourth-order valence-corrected chi connectivity index (χ4v) is 0.724. The van der Waals surface area contributed by atoms with E-state index in [2.05, 4.69) is 17.1 Å². The van der Waals surface area contributed by atoms with Crippen molar-refractivity contribution in [3.63, 3.8) is 0 Å². The van der Waals surface area contributed by atoms with Crippen molar-refractivity contribution in [2.45, 2.75) is 13.0 Å². The number of likely N-dealkylation sites (N-methyl/N-ethyl adjacent to an activating group) is 1. The highest BCUT2D eigenvalue weighted by Gasteiger charge is 1.98. The lowest BCUT2D eigenvalue weighted by atomic mass is 10.3. The van der Waals surface area contributed by atoms with Gasteiger partial charge in [-0.1, -0.05) is 0 Å². The molecule has 0 aliphatic heterocycles. The molecule has 0 bridgehead atoms. The summed E-state index contributed by atoms with van der Waals surface area (Å²) in [5.41, 5.74) is 0. The zero-order valence-corrected chi connectivity index (χ0v) is 8.86. The summed E-state index contributed by atoms with van der Waals surface area (Å²) in [6.07, 6.45) is 7.73. The number of nitrogens with two attached hydrogens (primary N) is 1. The maximum Gasteiger partial charge on any atom is 0.0453 e. The maximum atomic E-state index is 5.44. The van der Waals surface area contributed by atoms with Gasteiger partial charge < -0.3 is 15.2 Å². The summed E-state index contributed by atoms with van der Waals surface area (Å²) in [6, 6.07) is 0.329. The molecule has 0 aliphatic rings. The highest BCUT2D eigenvalue weighted by molar-refractivity contribution is 4.93. The Kier molecular flexibility index (Phi) is 5.80. The van der Waals surface area contributed by atoms with Crippen molar-refractivity contribution >= 4 is 0 Å². The van der Waals surface area contributed by atoms with Crippen LogP contribution in [0.15, 0.2) is 24.7 Å². The molecule has 0 saturated carbocycles.